The largest absolute Gasteiger partial charge is 0.411 e. The van der Waals surface area contributed by atoms with Crippen molar-refractivity contribution >= 4 is 11.5 Å². The monoisotopic (exact) mass is 251 g/mol. The molecule has 0 aromatic heterocycles. The van der Waals surface area contributed by atoms with Crippen molar-refractivity contribution in [2.45, 2.75) is 6.18 Å². The standard InChI is InChI=1S/C10H9F4NO2/c11-7-3-6(1-2-8(7)15)9(16)4-17-5-10(12,13)14/h1-3H,4-5,15H2. The Kier molecular flexibility index (Phi) is 4.06. The van der Waals surface area contributed by atoms with Crippen molar-refractivity contribution in [2.75, 3.05) is 18.9 Å². The van der Waals surface area contributed by atoms with Crippen molar-refractivity contribution in [1.29, 1.82) is 0 Å². The molecule has 0 aliphatic carbocycles. The molecule has 0 saturated heterocycles. The van der Waals surface area contributed by atoms with Crippen LogP contribution in [0.5, 0.6) is 0 Å². The third-order valence-corrected chi connectivity index (χ3v) is 1.82. The topological polar surface area (TPSA) is 52.3 Å². The van der Waals surface area contributed by atoms with Gasteiger partial charge in [-0.1, -0.05) is 0 Å². The fourth-order valence-electron chi connectivity index (χ4n) is 1.04. The summed E-state index contributed by atoms with van der Waals surface area (Å²) < 4.78 is 52.2. The highest BCUT2D eigenvalue weighted by Crippen LogP contribution is 2.15. The van der Waals surface area contributed by atoms with Crippen LogP contribution in [0.2, 0.25) is 0 Å². The van der Waals surface area contributed by atoms with E-state index in [9.17, 15) is 22.4 Å². The van der Waals surface area contributed by atoms with Crippen molar-refractivity contribution in [2.24, 2.45) is 0 Å². The van der Waals surface area contributed by atoms with E-state index < -0.39 is 31.0 Å². The fraction of sp³-hybridized carbons (Fsp3) is 0.300. The molecule has 94 valence electrons. The molecule has 3 nitrogen and oxygen atoms in total. The number of carbonyl (C=O) groups is 1. The lowest BCUT2D eigenvalue weighted by Crippen LogP contribution is -2.20. The minimum Gasteiger partial charge on any atom is -0.396 e. The van der Waals surface area contributed by atoms with Gasteiger partial charge in [0.15, 0.2) is 5.78 Å². The van der Waals surface area contributed by atoms with E-state index in [-0.39, 0.29) is 11.3 Å². The van der Waals surface area contributed by atoms with Crippen LogP contribution in [0.25, 0.3) is 0 Å². The number of nitrogen functional groups attached to an aromatic ring is 1. The SMILES string of the molecule is Nc1ccc(C(=O)COCC(F)(F)F)cc1F. The molecule has 1 aromatic carbocycles. The lowest BCUT2D eigenvalue weighted by molar-refractivity contribution is -0.170. The molecule has 1 aromatic rings. The van der Waals surface area contributed by atoms with Gasteiger partial charge in [-0.15, -0.1) is 0 Å². The molecule has 17 heavy (non-hydrogen) atoms. The Hall–Kier alpha value is -1.63. The second-order valence-corrected chi connectivity index (χ2v) is 3.27. The molecule has 1 rings (SSSR count). The van der Waals surface area contributed by atoms with Gasteiger partial charge in [-0.25, -0.2) is 4.39 Å². The maximum Gasteiger partial charge on any atom is 0.411 e. The fourth-order valence-corrected chi connectivity index (χ4v) is 1.04. The van der Waals surface area contributed by atoms with E-state index in [4.69, 9.17) is 5.73 Å². The molecule has 7 heteroatoms. The van der Waals surface area contributed by atoms with Gasteiger partial charge in [0.1, 0.15) is 19.0 Å². The summed E-state index contributed by atoms with van der Waals surface area (Å²) in [4.78, 5) is 11.3. The van der Waals surface area contributed by atoms with Gasteiger partial charge in [0, 0.05) is 5.56 Å². The molecular formula is C10H9F4NO2. The highest BCUT2D eigenvalue weighted by Gasteiger charge is 2.27. The third-order valence-electron chi connectivity index (χ3n) is 1.82. The number of benzene rings is 1. The average molecular weight is 251 g/mol. The highest BCUT2D eigenvalue weighted by atomic mass is 19.4. The molecule has 0 bridgehead atoms. The molecule has 2 N–H and O–H groups in total. The van der Waals surface area contributed by atoms with Crippen molar-refractivity contribution in [3.8, 4) is 0 Å². The van der Waals surface area contributed by atoms with Gasteiger partial charge in [0.05, 0.1) is 5.69 Å². The molecule has 0 heterocycles. The van der Waals surface area contributed by atoms with Gasteiger partial charge in [-0.05, 0) is 18.2 Å². The zero-order valence-electron chi connectivity index (χ0n) is 8.55. The van der Waals surface area contributed by atoms with Gasteiger partial charge in [-0.3, -0.25) is 4.79 Å². The van der Waals surface area contributed by atoms with Crippen molar-refractivity contribution in [3.05, 3.63) is 29.6 Å². The summed E-state index contributed by atoms with van der Waals surface area (Å²) >= 11 is 0. The van der Waals surface area contributed by atoms with Gasteiger partial charge < -0.3 is 10.5 Å². The number of hydrogen-bond donors (Lipinski definition) is 1. The summed E-state index contributed by atoms with van der Waals surface area (Å²) in [6, 6.07) is 3.23. The summed E-state index contributed by atoms with van der Waals surface area (Å²) in [5.41, 5.74) is 4.95. The molecule has 0 aliphatic heterocycles. The summed E-state index contributed by atoms with van der Waals surface area (Å²) in [5.74, 6) is -1.54. The minimum absolute atomic E-state index is 0.0844. The molecule has 0 saturated carbocycles. The Bertz CT molecular complexity index is 417. The van der Waals surface area contributed by atoms with Crippen LogP contribution in [-0.2, 0) is 4.74 Å². The van der Waals surface area contributed by atoms with E-state index in [1.165, 1.54) is 6.07 Å². The number of nitrogens with two attached hydrogens (primary N) is 1. The predicted octanol–water partition coefficient (Wildman–Crippen LogP) is 2.17. The van der Waals surface area contributed by atoms with E-state index in [1.807, 2.05) is 0 Å². The summed E-state index contributed by atoms with van der Waals surface area (Å²) in [5, 5.41) is 0. The van der Waals surface area contributed by atoms with E-state index in [0.29, 0.717) is 0 Å². The Morgan fingerprint density at radius 1 is 1.35 bits per heavy atom. The number of ether oxygens (including phenoxy) is 1. The van der Waals surface area contributed by atoms with Crippen LogP contribution in [0.3, 0.4) is 0 Å². The highest BCUT2D eigenvalue weighted by molar-refractivity contribution is 5.97. The quantitative estimate of drug-likeness (QED) is 0.507. The predicted molar refractivity (Wildman–Crippen MR) is 52.0 cm³/mol. The number of anilines is 1. The lowest BCUT2D eigenvalue weighted by atomic mass is 10.1. The molecule has 0 radical (unpaired) electrons. The van der Waals surface area contributed by atoms with Crippen LogP contribution >= 0.6 is 0 Å². The molecule has 0 atom stereocenters. The average Bonchev–Trinajstić information content (AvgIpc) is 2.20. The van der Waals surface area contributed by atoms with Gasteiger partial charge >= 0.3 is 6.18 Å². The molecule has 0 amide bonds. The second-order valence-electron chi connectivity index (χ2n) is 3.27. The molecular weight excluding hydrogens is 242 g/mol. The Morgan fingerprint density at radius 3 is 2.53 bits per heavy atom. The zero-order valence-corrected chi connectivity index (χ0v) is 8.55. The number of carbonyl (C=O) groups excluding carboxylic acids is 1. The van der Waals surface area contributed by atoms with Gasteiger partial charge in [-0.2, -0.15) is 13.2 Å². The Morgan fingerprint density at radius 2 is 2.00 bits per heavy atom. The second kappa shape index (κ2) is 5.13. The molecule has 0 unspecified atom stereocenters. The van der Waals surface area contributed by atoms with Crippen LogP contribution in [0.15, 0.2) is 18.2 Å². The first-order valence-corrected chi connectivity index (χ1v) is 4.52. The lowest BCUT2D eigenvalue weighted by Gasteiger charge is -2.07. The van der Waals surface area contributed by atoms with E-state index >= 15 is 0 Å². The van der Waals surface area contributed by atoms with Gasteiger partial charge in [0.2, 0.25) is 0 Å². The Balaban J connectivity index is 2.56. The molecule has 0 fully saturated rings. The summed E-state index contributed by atoms with van der Waals surface area (Å²) in [6.07, 6.45) is -4.49. The van der Waals surface area contributed by atoms with Crippen LogP contribution in [0, 0.1) is 5.82 Å². The normalized spacial score (nSPS) is 11.5. The van der Waals surface area contributed by atoms with E-state index in [0.717, 1.165) is 12.1 Å². The maximum absolute atomic E-state index is 13.0. The summed E-state index contributed by atoms with van der Waals surface area (Å²) in [6.45, 7) is -2.28. The first-order chi connectivity index (χ1) is 7.79. The zero-order chi connectivity index (χ0) is 13.1. The van der Waals surface area contributed by atoms with Crippen molar-refractivity contribution in [1.82, 2.24) is 0 Å². The van der Waals surface area contributed by atoms with Crippen LogP contribution in [0.1, 0.15) is 10.4 Å². The third kappa shape index (κ3) is 4.39. The number of halogens is 4. The number of rotatable bonds is 4. The number of Topliss-reactive ketones (excluding diaryl/α,β-unsaturated/α-hetero) is 1. The van der Waals surface area contributed by atoms with Crippen molar-refractivity contribution < 1.29 is 27.1 Å². The number of alkyl halides is 3. The minimum atomic E-state index is -4.49. The van der Waals surface area contributed by atoms with Crippen LogP contribution in [-0.4, -0.2) is 25.2 Å². The van der Waals surface area contributed by atoms with E-state index in [1.54, 1.807) is 0 Å². The summed E-state index contributed by atoms with van der Waals surface area (Å²) in [7, 11) is 0. The maximum atomic E-state index is 13.0. The number of hydrogen-bond acceptors (Lipinski definition) is 3. The van der Waals surface area contributed by atoms with E-state index in [2.05, 4.69) is 4.74 Å². The van der Waals surface area contributed by atoms with Crippen molar-refractivity contribution in [3.63, 3.8) is 0 Å². The smallest absolute Gasteiger partial charge is 0.396 e. The number of ketones is 1. The first kappa shape index (κ1) is 13.4. The molecule has 0 spiro atoms. The van der Waals surface area contributed by atoms with Crippen LogP contribution in [0.4, 0.5) is 23.2 Å². The molecule has 0 aliphatic rings. The van der Waals surface area contributed by atoms with Crippen LogP contribution < -0.4 is 5.73 Å². The Labute approximate surface area is 94.2 Å². The first-order valence-electron chi connectivity index (χ1n) is 4.52. The van der Waals surface area contributed by atoms with Gasteiger partial charge in [0.25, 0.3) is 0 Å².